The van der Waals surface area contributed by atoms with Crippen molar-refractivity contribution in [1.82, 2.24) is 4.98 Å². The van der Waals surface area contributed by atoms with E-state index in [2.05, 4.69) is 15.6 Å². The van der Waals surface area contributed by atoms with E-state index in [-0.39, 0.29) is 11.6 Å². The second kappa shape index (κ2) is 8.54. The fraction of sp³-hybridized carbons (Fsp3) is 0.0952. The molecule has 0 saturated heterocycles. The number of para-hydroxylation sites is 2. The number of hydrogen-bond donors (Lipinski definition) is 2. The van der Waals surface area contributed by atoms with Gasteiger partial charge in [-0.05, 0) is 55.0 Å². The minimum absolute atomic E-state index is 0.117. The monoisotopic (exact) mass is 395 g/mol. The molecule has 2 aromatic carbocycles. The summed E-state index contributed by atoms with van der Waals surface area (Å²) >= 11 is 5.94. The summed E-state index contributed by atoms with van der Waals surface area (Å²) in [5.41, 5.74) is 2.43. The highest BCUT2D eigenvalue weighted by Gasteiger charge is 2.14. The molecule has 142 valence electrons. The van der Waals surface area contributed by atoms with Crippen molar-refractivity contribution in [3.63, 3.8) is 0 Å². The van der Waals surface area contributed by atoms with Crippen molar-refractivity contribution < 1.29 is 14.3 Å². The molecule has 2 amide bonds. The third kappa shape index (κ3) is 4.47. The Kier molecular flexibility index (Phi) is 5.91. The molecule has 0 saturated carbocycles. The average molecular weight is 396 g/mol. The maximum Gasteiger partial charge on any atom is 0.274 e. The first-order valence-corrected chi connectivity index (χ1v) is 8.83. The number of carbonyl (C=O) groups excluding carboxylic acids is 2. The largest absolute Gasteiger partial charge is 0.495 e. The van der Waals surface area contributed by atoms with E-state index in [1.54, 1.807) is 48.5 Å². The maximum atomic E-state index is 12.6. The van der Waals surface area contributed by atoms with Gasteiger partial charge in [0, 0.05) is 22.5 Å². The van der Waals surface area contributed by atoms with Gasteiger partial charge in [0.2, 0.25) is 0 Å². The zero-order valence-corrected chi connectivity index (χ0v) is 16.1. The highest BCUT2D eigenvalue weighted by Crippen LogP contribution is 2.24. The molecular weight excluding hydrogens is 378 g/mol. The minimum Gasteiger partial charge on any atom is -0.495 e. The molecule has 0 atom stereocenters. The first kappa shape index (κ1) is 19.4. The van der Waals surface area contributed by atoms with Crippen LogP contribution in [-0.2, 0) is 0 Å². The Morgan fingerprint density at radius 1 is 0.964 bits per heavy atom. The van der Waals surface area contributed by atoms with Crippen molar-refractivity contribution in [3.05, 3.63) is 82.6 Å². The van der Waals surface area contributed by atoms with Gasteiger partial charge in [-0.1, -0.05) is 23.7 Å². The van der Waals surface area contributed by atoms with Crippen molar-refractivity contribution in [3.8, 4) is 5.75 Å². The Morgan fingerprint density at radius 3 is 2.46 bits per heavy atom. The molecule has 6 nitrogen and oxygen atoms in total. The van der Waals surface area contributed by atoms with Crippen LogP contribution in [0.15, 0.2) is 60.8 Å². The third-order valence-electron chi connectivity index (χ3n) is 4.05. The number of carbonyl (C=O) groups is 2. The number of nitrogens with one attached hydrogen (secondary N) is 2. The Balaban J connectivity index is 1.77. The summed E-state index contributed by atoms with van der Waals surface area (Å²) in [6, 6.07) is 15.2. The van der Waals surface area contributed by atoms with Crippen molar-refractivity contribution in [2.75, 3.05) is 17.7 Å². The van der Waals surface area contributed by atoms with E-state index >= 15 is 0 Å². The Morgan fingerprint density at radius 2 is 1.71 bits per heavy atom. The van der Waals surface area contributed by atoms with Gasteiger partial charge >= 0.3 is 0 Å². The number of anilines is 2. The first-order chi connectivity index (χ1) is 13.5. The molecule has 0 aliphatic carbocycles. The third-order valence-corrected chi connectivity index (χ3v) is 4.28. The molecule has 2 N–H and O–H groups in total. The van der Waals surface area contributed by atoms with Crippen LogP contribution in [-0.4, -0.2) is 23.9 Å². The molecule has 1 aromatic heterocycles. The zero-order chi connectivity index (χ0) is 20.1. The lowest BCUT2D eigenvalue weighted by Crippen LogP contribution is -2.17. The molecule has 0 bridgehead atoms. The number of rotatable bonds is 5. The van der Waals surface area contributed by atoms with E-state index < -0.39 is 5.91 Å². The van der Waals surface area contributed by atoms with Crippen molar-refractivity contribution >= 4 is 34.8 Å². The summed E-state index contributed by atoms with van der Waals surface area (Å²) < 4.78 is 5.22. The van der Waals surface area contributed by atoms with Crippen LogP contribution in [0.2, 0.25) is 5.02 Å². The number of amides is 2. The van der Waals surface area contributed by atoms with Crippen LogP contribution in [0.5, 0.6) is 5.75 Å². The molecule has 0 aliphatic heterocycles. The van der Waals surface area contributed by atoms with Crippen LogP contribution in [0.4, 0.5) is 11.4 Å². The summed E-state index contributed by atoms with van der Waals surface area (Å²) in [4.78, 5) is 29.2. The van der Waals surface area contributed by atoms with E-state index in [0.717, 1.165) is 5.56 Å². The fourth-order valence-corrected chi connectivity index (χ4v) is 2.82. The number of benzene rings is 2. The molecule has 1 heterocycles. The van der Waals surface area contributed by atoms with Crippen molar-refractivity contribution in [2.24, 2.45) is 0 Å². The van der Waals surface area contributed by atoms with Gasteiger partial charge in [-0.15, -0.1) is 0 Å². The predicted octanol–water partition coefficient (Wildman–Crippen LogP) is 4.56. The normalized spacial score (nSPS) is 10.2. The van der Waals surface area contributed by atoms with Crippen LogP contribution in [0.3, 0.4) is 0 Å². The average Bonchev–Trinajstić information content (AvgIpc) is 2.70. The molecule has 7 heteroatoms. The quantitative estimate of drug-likeness (QED) is 0.663. The number of hydrogen-bond acceptors (Lipinski definition) is 4. The van der Waals surface area contributed by atoms with E-state index in [1.807, 2.05) is 6.92 Å². The number of pyridine rings is 1. The van der Waals surface area contributed by atoms with Crippen molar-refractivity contribution in [1.29, 1.82) is 0 Å². The number of halogens is 1. The molecular formula is C21H18ClN3O3. The second-order valence-electron chi connectivity index (χ2n) is 6.00. The number of aromatic nitrogens is 1. The van der Waals surface area contributed by atoms with Crippen LogP contribution in [0.1, 0.15) is 26.4 Å². The molecule has 0 spiro atoms. The summed E-state index contributed by atoms with van der Waals surface area (Å²) in [5, 5.41) is 6.14. The van der Waals surface area contributed by atoms with E-state index in [9.17, 15) is 9.59 Å². The smallest absolute Gasteiger partial charge is 0.274 e. The summed E-state index contributed by atoms with van der Waals surface area (Å²) in [5.74, 6) is -0.260. The summed E-state index contributed by atoms with van der Waals surface area (Å²) in [6.07, 6.45) is 1.42. The topological polar surface area (TPSA) is 80.3 Å². The van der Waals surface area contributed by atoms with Gasteiger partial charge in [0.05, 0.1) is 12.8 Å². The molecule has 0 aliphatic rings. The van der Waals surface area contributed by atoms with Gasteiger partial charge in [-0.25, -0.2) is 0 Å². The van der Waals surface area contributed by atoms with Crippen molar-refractivity contribution in [2.45, 2.75) is 6.92 Å². The van der Waals surface area contributed by atoms with E-state index in [0.29, 0.717) is 27.7 Å². The van der Waals surface area contributed by atoms with Gasteiger partial charge in [-0.3, -0.25) is 14.6 Å². The molecule has 3 aromatic rings. The highest BCUT2D eigenvalue weighted by atomic mass is 35.5. The lowest BCUT2D eigenvalue weighted by Gasteiger charge is -2.11. The summed E-state index contributed by atoms with van der Waals surface area (Å²) in [6.45, 7) is 1.85. The van der Waals surface area contributed by atoms with E-state index in [1.165, 1.54) is 19.4 Å². The lowest BCUT2D eigenvalue weighted by atomic mass is 10.1. The van der Waals surface area contributed by atoms with Crippen LogP contribution >= 0.6 is 11.6 Å². The highest BCUT2D eigenvalue weighted by molar-refractivity contribution is 6.30. The Bertz CT molecular complexity index is 1040. The molecule has 0 fully saturated rings. The Hall–Kier alpha value is -3.38. The van der Waals surface area contributed by atoms with Gasteiger partial charge in [-0.2, -0.15) is 0 Å². The molecule has 3 rings (SSSR count). The van der Waals surface area contributed by atoms with Crippen LogP contribution in [0.25, 0.3) is 0 Å². The predicted molar refractivity (Wildman–Crippen MR) is 109 cm³/mol. The standard InChI is InChI=1S/C21H18ClN3O3/c1-13-11-15(22)7-8-16(13)24-20(26)14-9-10-23-18(12-14)21(27)25-17-5-3-4-6-19(17)28-2/h3-12H,1-2H3,(H,24,26)(H,25,27). The number of nitrogens with zero attached hydrogens (tertiary/aromatic N) is 1. The fourth-order valence-electron chi connectivity index (χ4n) is 2.59. The number of ether oxygens (including phenoxy) is 1. The Labute approximate surface area is 167 Å². The first-order valence-electron chi connectivity index (χ1n) is 8.46. The SMILES string of the molecule is COc1ccccc1NC(=O)c1cc(C(=O)Nc2ccc(Cl)cc2C)ccn1. The van der Waals surface area contributed by atoms with Crippen LogP contribution in [0, 0.1) is 6.92 Å². The molecule has 28 heavy (non-hydrogen) atoms. The van der Waals surface area contributed by atoms with Crippen LogP contribution < -0.4 is 15.4 Å². The minimum atomic E-state index is -0.443. The molecule has 0 unspecified atom stereocenters. The summed E-state index contributed by atoms with van der Waals surface area (Å²) in [7, 11) is 1.52. The van der Waals surface area contributed by atoms with Gasteiger partial charge in [0.1, 0.15) is 11.4 Å². The van der Waals surface area contributed by atoms with Gasteiger partial charge in [0.15, 0.2) is 0 Å². The van der Waals surface area contributed by atoms with Gasteiger partial charge in [0.25, 0.3) is 11.8 Å². The number of methoxy groups -OCH3 is 1. The zero-order valence-electron chi connectivity index (χ0n) is 15.3. The number of aryl methyl sites for hydroxylation is 1. The van der Waals surface area contributed by atoms with Gasteiger partial charge < -0.3 is 15.4 Å². The second-order valence-corrected chi connectivity index (χ2v) is 6.43. The van der Waals surface area contributed by atoms with E-state index in [4.69, 9.17) is 16.3 Å². The lowest BCUT2D eigenvalue weighted by molar-refractivity contribution is 0.102. The maximum absolute atomic E-state index is 12.6. The molecule has 0 radical (unpaired) electrons.